The number of carbonyl (C=O) groups excluding carboxylic acids is 1. The van der Waals surface area contributed by atoms with Crippen molar-refractivity contribution in [2.75, 3.05) is 39.3 Å². The highest BCUT2D eigenvalue weighted by atomic mass is 16.2. The van der Waals surface area contributed by atoms with Crippen molar-refractivity contribution < 1.29 is 4.79 Å². The highest BCUT2D eigenvalue weighted by Crippen LogP contribution is 2.19. The van der Waals surface area contributed by atoms with Crippen molar-refractivity contribution in [3.8, 4) is 0 Å². The zero-order valence-corrected chi connectivity index (χ0v) is 13.2. The van der Waals surface area contributed by atoms with Crippen molar-refractivity contribution >= 4 is 5.91 Å². The Labute approximate surface area is 123 Å². The third kappa shape index (κ3) is 4.45. The molecule has 116 valence electrons. The number of piperidine rings is 2. The largest absolute Gasteiger partial charge is 0.342 e. The van der Waals surface area contributed by atoms with Gasteiger partial charge < -0.3 is 15.1 Å². The summed E-state index contributed by atoms with van der Waals surface area (Å²) in [4.78, 5) is 16.7. The monoisotopic (exact) mass is 281 g/mol. The van der Waals surface area contributed by atoms with Crippen LogP contribution in [0.4, 0.5) is 0 Å². The Morgan fingerprint density at radius 2 is 1.95 bits per heavy atom. The maximum Gasteiger partial charge on any atom is 0.236 e. The highest BCUT2D eigenvalue weighted by molar-refractivity contribution is 5.78. The van der Waals surface area contributed by atoms with Crippen molar-refractivity contribution in [3.05, 3.63) is 0 Å². The van der Waals surface area contributed by atoms with E-state index in [1.807, 2.05) is 4.90 Å². The lowest BCUT2D eigenvalue weighted by Gasteiger charge is -2.36. The van der Waals surface area contributed by atoms with Gasteiger partial charge in [0.2, 0.25) is 5.91 Å². The smallest absolute Gasteiger partial charge is 0.236 e. The summed E-state index contributed by atoms with van der Waals surface area (Å²) in [6.45, 7) is 10.5. The van der Waals surface area contributed by atoms with Gasteiger partial charge in [0.05, 0.1) is 6.54 Å². The van der Waals surface area contributed by atoms with E-state index in [1.54, 1.807) is 0 Å². The van der Waals surface area contributed by atoms with Crippen LogP contribution in [-0.4, -0.2) is 61.0 Å². The van der Waals surface area contributed by atoms with Crippen molar-refractivity contribution in [2.24, 2.45) is 5.92 Å². The van der Waals surface area contributed by atoms with E-state index >= 15 is 0 Å². The zero-order chi connectivity index (χ0) is 14.4. The molecule has 2 fully saturated rings. The topological polar surface area (TPSA) is 35.6 Å². The molecule has 2 rings (SSSR count). The van der Waals surface area contributed by atoms with Gasteiger partial charge in [-0.1, -0.05) is 6.92 Å². The first-order valence-corrected chi connectivity index (χ1v) is 8.44. The number of nitrogens with one attached hydrogen (secondary N) is 1. The first-order chi connectivity index (χ1) is 9.70. The Balaban J connectivity index is 1.70. The number of rotatable bonds is 5. The summed E-state index contributed by atoms with van der Waals surface area (Å²) in [6.07, 6.45) is 6.22. The van der Waals surface area contributed by atoms with Gasteiger partial charge >= 0.3 is 0 Å². The van der Waals surface area contributed by atoms with E-state index in [9.17, 15) is 4.79 Å². The average Bonchev–Trinajstić information content (AvgIpc) is 2.53. The molecule has 2 atom stereocenters. The number of amides is 1. The summed E-state index contributed by atoms with van der Waals surface area (Å²) in [6, 6.07) is 0.443. The van der Waals surface area contributed by atoms with Crippen molar-refractivity contribution in [3.63, 3.8) is 0 Å². The van der Waals surface area contributed by atoms with Crippen LogP contribution in [0.3, 0.4) is 0 Å². The standard InChI is InChI=1S/C16H31N3O/c1-3-18-9-7-8-15(13-18)14(2)17-12-16(20)19-10-5-4-6-11-19/h14-15,17H,3-13H2,1-2H3. The van der Waals surface area contributed by atoms with Crippen LogP contribution in [-0.2, 0) is 4.79 Å². The van der Waals surface area contributed by atoms with E-state index < -0.39 is 0 Å². The molecule has 2 aliphatic heterocycles. The lowest BCUT2D eigenvalue weighted by Crippen LogP contribution is -2.48. The predicted octanol–water partition coefficient (Wildman–Crippen LogP) is 1.71. The molecule has 2 heterocycles. The van der Waals surface area contributed by atoms with E-state index in [1.165, 1.54) is 45.2 Å². The number of likely N-dealkylation sites (tertiary alicyclic amines) is 2. The molecule has 0 aromatic rings. The van der Waals surface area contributed by atoms with E-state index in [2.05, 4.69) is 24.1 Å². The Morgan fingerprint density at radius 3 is 2.65 bits per heavy atom. The minimum absolute atomic E-state index is 0.291. The van der Waals surface area contributed by atoms with E-state index in [-0.39, 0.29) is 0 Å². The van der Waals surface area contributed by atoms with Gasteiger partial charge in [-0.15, -0.1) is 0 Å². The van der Waals surface area contributed by atoms with Crippen molar-refractivity contribution in [1.29, 1.82) is 0 Å². The second-order valence-electron chi connectivity index (χ2n) is 6.41. The molecular formula is C16H31N3O. The second-order valence-corrected chi connectivity index (χ2v) is 6.41. The van der Waals surface area contributed by atoms with E-state index in [0.717, 1.165) is 19.6 Å². The molecular weight excluding hydrogens is 250 g/mol. The summed E-state index contributed by atoms with van der Waals surface area (Å²) in [5.74, 6) is 0.984. The zero-order valence-electron chi connectivity index (χ0n) is 13.2. The Bertz CT molecular complexity index is 302. The fraction of sp³-hybridized carbons (Fsp3) is 0.938. The molecule has 1 amide bonds. The summed E-state index contributed by atoms with van der Waals surface area (Å²) in [5, 5.41) is 3.48. The molecule has 0 saturated carbocycles. The van der Waals surface area contributed by atoms with Crippen LogP contribution in [0.1, 0.15) is 46.0 Å². The lowest BCUT2D eigenvalue weighted by molar-refractivity contribution is -0.131. The van der Waals surface area contributed by atoms with Gasteiger partial charge in [0.15, 0.2) is 0 Å². The summed E-state index contributed by atoms with van der Waals surface area (Å²) < 4.78 is 0. The molecule has 0 bridgehead atoms. The first-order valence-electron chi connectivity index (χ1n) is 8.44. The Morgan fingerprint density at radius 1 is 1.20 bits per heavy atom. The van der Waals surface area contributed by atoms with Crippen LogP contribution >= 0.6 is 0 Å². The van der Waals surface area contributed by atoms with Gasteiger partial charge in [0.1, 0.15) is 0 Å². The number of hydrogen-bond donors (Lipinski definition) is 1. The minimum atomic E-state index is 0.291. The summed E-state index contributed by atoms with van der Waals surface area (Å²) in [5.41, 5.74) is 0. The van der Waals surface area contributed by atoms with E-state index in [4.69, 9.17) is 0 Å². The average molecular weight is 281 g/mol. The van der Waals surface area contributed by atoms with Crippen LogP contribution in [0.15, 0.2) is 0 Å². The normalized spacial score (nSPS) is 26.5. The van der Waals surface area contributed by atoms with Crippen LogP contribution in [0, 0.1) is 5.92 Å². The molecule has 0 spiro atoms. The van der Waals surface area contributed by atoms with E-state index in [0.29, 0.717) is 24.4 Å². The van der Waals surface area contributed by atoms with Crippen LogP contribution in [0.5, 0.6) is 0 Å². The minimum Gasteiger partial charge on any atom is -0.342 e. The molecule has 2 aliphatic rings. The molecule has 20 heavy (non-hydrogen) atoms. The van der Waals surface area contributed by atoms with Gasteiger partial charge in [0.25, 0.3) is 0 Å². The van der Waals surface area contributed by atoms with Crippen LogP contribution < -0.4 is 5.32 Å². The molecule has 2 saturated heterocycles. The molecule has 2 unspecified atom stereocenters. The predicted molar refractivity (Wildman–Crippen MR) is 82.7 cm³/mol. The van der Waals surface area contributed by atoms with Gasteiger partial charge in [-0.2, -0.15) is 0 Å². The summed E-state index contributed by atoms with van der Waals surface area (Å²) in [7, 11) is 0. The molecule has 0 aromatic carbocycles. The molecule has 4 nitrogen and oxygen atoms in total. The number of hydrogen-bond acceptors (Lipinski definition) is 3. The first kappa shape index (κ1) is 15.8. The molecule has 0 radical (unpaired) electrons. The van der Waals surface area contributed by atoms with Crippen molar-refractivity contribution in [1.82, 2.24) is 15.1 Å². The Kier molecular flexibility index (Phi) is 6.30. The fourth-order valence-electron chi connectivity index (χ4n) is 3.46. The Hall–Kier alpha value is -0.610. The number of carbonyl (C=O) groups is 1. The van der Waals surface area contributed by atoms with Gasteiger partial charge in [-0.3, -0.25) is 4.79 Å². The summed E-state index contributed by atoms with van der Waals surface area (Å²) >= 11 is 0. The third-order valence-corrected chi connectivity index (χ3v) is 4.98. The van der Waals surface area contributed by atoms with Crippen LogP contribution in [0.25, 0.3) is 0 Å². The fourth-order valence-corrected chi connectivity index (χ4v) is 3.46. The maximum atomic E-state index is 12.2. The van der Waals surface area contributed by atoms with Gasteiger partial charge in [0, 0.05) is 25.7 Å². The molecule has 0 aromatic heterocycles. The van der Waals surface area contributed by atoms with Gasteiger partial charge in [-0.25, -0.2) is 0 Å². The quantitative estimate of drug-likeness (QED) is 0.833. The third-order valence-electron chi connectivity index (χ3n) is 4.98. The SMILES string of the molecule is CCN1CCCC(C(C)NCC(=O)N2CCCCC2)C1. The molecule has 1 N–H and O–H groups in total. The number of nitrogens with zero attached hydrogens (tertiary/aromatic N) is 2. The van der Waals surface area contributed by atoms with Crippen molar-refractivity contribution in [2.45, 2.75) is 52.0 Å². The maximum absolute atomic E-state index is 12.2. The highest BCUT2D eigenvalue weighted by Gasteiger charge is 2.24. The van der Waals surface area contributed by atoms with Crippen LogP contribution in [0.2, 0.25) is 0 Å². The second kappa shape index (κ2) is 7.99. The van der Waals surface area contributed by atoms with Gasteiger partial charge in [-0.05, 0) is 58.0 Å². The lowest BCUT2D eigenvalue weighted by atomic mass is 9.91. The molecule has 4 heteroatoms. The molecule has 0 aliphatic carbocycles.